The number of halogens is 2. The number of thioether (sulfide) groups is 1. The van der Waals surface area contributed by atoms with Gasteiger partial charge in [-0.25, -0.2) is 4.98 Å². The second kappa shape index (κ2) is 5.61. The molecule has 1 aliphatic rings. The van der Waals surface area contributed by atoms with Crippen molar-refractivity contribution in [3.63, 3.8) is 0 Å². The molecule has 2 nitrogen and oxygen atoms in total. The molecule has 0 amide bonds. The summed E-state index contributed by atoms with van der Waals surface area (Å²) in [5.41, 5.74) is 2.24. The molecule has 0 fully saturated rings. The molecular formula is C14H12Cl2N2S. The summed E-state index contributed by atoms with van der Waals surface area (Å²) < 4.78 is 0. The molecule has 1 aromatic carbocycles. The third-order valence-electron chi connectivity index (χ3n) is 3.08. The fraction of sp³-hybridized carbons (Fsp3) is 0.214. The van der Waals surface area contributed by atoms with Crippen molar-refractivity contribution >= 4 is 40.7 Å². The van der Waals surface area contributed by atoms with E-state index in [1.807, 2.05) is 30.0 Å². The third-order valence-corrected chi connectivity index (χ3v) is 4.66. The van der Waals surface area contributed by atoms with Crippen molar-refractivity contribution < 1.29 is 0 Å². The number of anilines is 1. The summed E-state index contributed by atoms with van der Waals surface area (Å²) in [6, 6.07) is 10.1. The van der Waals surface area contributed by atoms with Crippen LogP contribution in [0.5, 0.6) is 0 Å². The maximum atomic E-state index is 6.10. The van der Waals surface area contributed by atoms with E-state index in [0.717, 1.165) is 22.9 Å². The summed E-state index contributed by atoms with van der Waals surface area (Å²) in [7, 11) is 0. The normalized spacial score (nSPS) is 17.9. The second-order valence-electron chi connectivity index (χ2n) is 4.39. The standard InChI is InChI=1S/C14H12Cl2N2S/c15-9-1-3-13-11(7-9)12(5-6-19-13)18-10-2-4-14(16)17-8-10/h1-4,7-8,12,18H,5-6H2. The van der Waals surface area contributed by atoms with Gasteiger partial charge in [-0.2, -0.15) is 0 Å². The van der Waals surface area contributed by atoms with Crippen LogP contribution in [0.2, 0.25) is 10.2 Å². The van der Waals surface area contributed by atoms with Crippen molar-refractivity contribution in [1.82, 2.24) is 4.98 Å². The summed E-state index contributed by atoms with van der Waals surface area (Å²) in [4.78, 5) is 5.39. The van der Waals surface area contributed by atoms with Gasteiger partial charge >= 0.3 is 0 Å². The molecule has 3 rings (SSSR count). The minimum atomic E-state index is 0.276. The zero-order valence-electron chi connectivity index (χ0n) is 10.1. The van der Waals surface area contributed by atoms with Crippen LogP contribution in [0.3, 0.4) is 0 Å². The number of nitrogens with zero attached hydrogens (tertiary/aromatic N) is 1. The molecule has 0 aliphatic carbocycles. The first-order valence-corrected chi connectivity index (χ1v) is 7.77. The molecule has 5 heteroatoms. The van der Waals surface area contributed by atoms with Gasteiger partial charge in [-0.1, -0.05) is 23.2 Å². The highest BCUT2D eigenvalue weighted by Gasteiger charge is 2.20. The SMILES string of the molecule is Clc1ccc2c(c1)C(Nc1ccc(Cl)nc1)CCS2. The Morgan fingerprint density at radius 2 is 2.11 bits per heavy atom. The Hall–Kier alpha value is -0.900. The maximum absolute atomic E-state index is 6.10. The lowest BCUT2D eigenvalue weighted by Gasteiger charge is -2.26. The van der Waals surface area contributed by atoms with Crippen LogP contribution in [-0.4, -0.2) is 10.7 Å². The van der Waals surface area contributed by atoms with Gasteiger partial charge in [0.2, 0.25) is 0 Å². The van der Waals surface area contributed by atoms with E-state index in [1.165, 1.54) is 10.5 Å². The lowest BCUT2D eigenvalue weighted by atomic mass is 10.0. The van der Waals surface area contributed by atoms with Crippen molar-refractivity contribution in [2.45, 2.75) is 17.4 Å². The smallest absolute Gasteiger partial charge is 0.129 e. The van der Waals surface area contributed by atoms with Gasteiger partial charge < -0.3 is 5.32 Å². The van der Waals surface area contributed by atoms with E-state index < -0.39 is 0 Å². The van der Waals surface area contributed by atoms with Crippen LogP contribution in [0.15, 0.2) is 41.4 Å². The van der Waals surface area contributed by atoms with Gasteiger partial charge in [0, 0.05) is 15.7 Å². The molecule has 19 heavy (non-hydrogen) atoms. The minimum Gasteiger partial charge on any atom is -0.377 e. The van der Waals surface area contributed by atoms with Crippen molar-refractivity contribution in [3.8, 4) is 0 Å². The zero-order chi connectivity index (χ0) is 13.2. The van der Waals surface area contributed by atoms with Gasteiger partial charge in [0.25, 0.3) is 0 Å². The number of hydrogen-bond donors (Lipinski definition) is 1. The first kappa shape index (κ1) is 13.1. The fourth-order valence-corrected chi connectivity index (χ4v) is 3.58. The molecule has 0 saturated carbocycles. The van der Waals surface area contributed by atoms with Crippen molar-refractivity contribution in [1.29, 1.82) is 0 Å². The van der Waals surface area contributed by atoms with Crippen molar-refractivity contribution in [2.24, 2.45) is 0 Å². The number of nitrogens with one attached hydrogen (secondary N) is 1. The largest absolute Gasteiger partial charge is 0.377 e. The summed E-state index contributed by atoms with van der Waals surface area (Å²) in [6.45, 7) is 0. The average Bonchev–Trinajstić information content (AvgIpc) is 2.42. The first-order chi connectivity index (χ1) is 9.22. The molecule has 1 atom stereocenters. The van der Waals surface area contributed by atoms with Gasteiger partial charge in [-0.3, -0.25) is 0 Å². The van der Waals surface area contributed by atoms with Crippen LogP contribution in [0.1, 0.15) is 18.0 Å². The van der Waals surface area contributed by atoms with E-state index in [0.29, 0.717) is 5.15 Å². The Morgan fingerprint density at radius 1 is 1.21 bits per heavy atom. The Balaban J connectivity index is 1.87. The van der Waals surface area contributed by atoms with Crippen molar-refractivity contribution in [2.75, 3.05) is 11.1 Å². The van der Waals surface area contributed by atoms with Gasteiger partial charge in [0.15, 0.2) is 0 Å². The molecule has 2 heterocycles. The molecule has 98 valence electrons. The molecule has 1 aromatic heterocycles. The van der Waals surface area contributed by atoms with E-state index in [4.69, 9.17) is 23.2 Å². The second-order valence-corrected chi connectivity index (χ2v) is 6.35. The van der Waals surface area contributed by atoms with Gasteiger partial charge in [0.05, 0.1) is 17.9 Å². The van der Waals surface area contributed by atoms with Gasteiger partial charge in [-0.05, 0) is 42.3 Å². The van der Waals surface area contributed by atoms with Crippen LogP contribution >= 0.6 is 35.0 Å². The number of fused-ring (bicyclic) bond motifs is 1. The lowest BCUT2D eigenvalue weighted by molar-refractivity contribution is 0.728. The predicted molar refractivity (Wildman–Crippen MR) is 82.4 cm³/mol. The number of pyridine rings is 1. The Kier molecular flexibility index (Phi) is 3.87. The number of hydrogen-bond acceptors (Lipinski definition) is 3. The predicted octanol–water partition coefficient (Wildman–Crippen LogP) is 5.04. The van der Waals surface area contributed by atoms with E-state index in [2.05, 4.69) is 16.4 Å². The summed E-state index contributed by atoms with van der Waals surface area (Å²) in [5, 5.41) is 4.79. The van der Waals surface area contributed by atoms with Crippen LogP contribution in [-0.2, 0) is 0 Å². The number of rotatable bonds is 2. The first-order valence-electron chi connectivity index (χ1n) is 6.03. The highest BCUT2D eigenvalue weighted by atomic mass is 35.5. The molecule has 1 unspecified atom stereocenters. The highest BCUT2D eigenvalue weighted by Crippen LogP contribution is 2.39. The Bertz CT molecular complexity index is 586. The average molecular weight is 311 g/mol. The summed E-state index contributed by atoms with van der Waals surface area (Å²) in [6.07, 6.45) is 2.83. The highest BCUT2D eigenvalue weighted by molar-refractivity contribution is 7.99. The van der Waals surface area contributed by atoms with Crippen LogP contribution in [0.4, 0.5) is 5.69 Å². The fourth-order valence-electron chi connectivity index (χ4n) is 2.18. The molecule has 1 aliphatic heterocycles. The topological polar surface area (TPSA) is 24.9 Å². The molecule has 2 aromatic rings. The third kappa shape index (κ3) is 2.99. The van der Waals surface area contributed by atoms with Crippen LogP contribution in [0, 0.1) is 0 Å². The molecule has 1 N–H and O–H groups in total. The number of aromatic nitrogens is 1. The van der Waals surface area contributed by atoms with E-state index in [-0.39, 0.29) is 6.04 Å². The Morgan fingerprint density at radius 3 is 2.89 bits per heavy atom. The monoisotopic (exact) mass is 310 g/mol. The molecule has 0 spiro atoms. The van der Waals surface area contributed by atoms with Crippen molar-refractivity contribution in [3.05, 3.63) is 52.3 Å². The van der Waals surface area contributed by atoms with E-state index in [9.17, 15) is 0 Å². The lowest BCUT2D eigenvalue weighted by Crippen LogP contribution is -2.16. The van der Waals surface area contributed by atoms with E-state index in [1.54, 1.807) is 12.3 Å². The molecule has 0 radical (unpaired) electrons. The number of benzene rings is 1. The maximum Gasteiger partial charge on any atom is 0.129 e. The van der Waals surface area contributed by atoms with Crippen LogP contribution < -0.4 is 5.32 Å². The summed E-state index contributed by atoms with van der Waals surface area (Å²) in [5.74, 6) is 1.10. The Labute approximate surface area is 126 Å². The summed E-state index contributed by atoms with van der Waals surface area (Å²) >= 11 is 13.8. The van der Waals surface area contributed by atoms with Gasteiger partial charge in [-0.15, -0.1) is 11.8 Å². The zero-order valence-corrected chi connectivity index (χ0v) is 12.4. The van der Waals surface area contributed by atoms with E-state index >= 15 is 0 Å². The van der Waals surface area contributed by atoms with Crippen LogP contribution in [0.25, 0.3) is 0 Å². The molecule has 0 bridgehead atoms. The quantitative estimate of drug-likeness (QED) is 0.787. The minimum absolute atomic E-state index is 0.276. The molecule has 0 saturated heterocycles. The van der Waals surface area contributed by atoms with Gasteiger partial charge in [0.1, 0.15) is 5.15 Å². The molecular weight excluding hydrogens is 299 g/mol.